The quantitative estimate of drug-likeness (QED) is 0.129. The number of guanidine groups is 1. The summed E-state index contributed by atoms with van der Waals surface area (Å²) in [4.78, 5) is 53.8. The summed E-state index contributed by atoms with van der Waals surface area (Å²) in [6.45, 7) is 4.46. The van der Waals surface area contributed by atoms with Crippen molar-refractivity contribution in [3.63, 3.8) is 0 Å². The van der Waals surface area contributed by atoms with Gasteiger partial charge in [-0.1, -0.05) is 30.3 Å². The Hall–Kier alpha value is -4.28. The van der Waals surface area contributed by atoms with Crippen molar-refractivity contribution in [2.24, 2.45) is 0 Å². The molecule has 2 atom stereocenters. The molecule has 1 aliphatic carbocycles. The second-order valence-corrected chi connectivity index (χ2v) is 12.9. The number of carbonyl (C=O) groups is 4. The Morgan fingerprint density at radius 3 is 2.49 bits per heavy atom. The van der Waals surface area contributed by atoms with Crippen molar-refractivity contribution in [2.45, 2.75) is 62.6 Å². The van der Waals surface area contributed by atoms with Crippen LogP contribution in [0.5, 0.6) is 0 Å². The number of alkyl carbamates (subject to hydrolysis) is 1. The predicted octanol–water partition coefficient (Wildman–Crippen LogP) is 1.32. The fourth-order valence-electron chi connectivity index (χ4n) is 5.15. The molecule has 2 aromatic carbocycles. The van der Waals surface area contributed by atoms with Crippen LogP contribution >= 0.6 is 0 Å². The van der Waals surface area contributed by atoms with Crippen LogP contribution in [-0.2, 0) is 38.6 Å². The first-order valence-electron chi connectivity index (χ1n) is 15.6. The lowest BCUT2D eigenvalue weighted by atomic mass is 10.1. The first-order chi connectivity index (χ1) is 22.5. The molecule has 0 aromatic heterocycles. The van der Waals surface area contributed by atoms with E-state index in [1.165, 1.54) is 17.0 Å². The van der Waals surface area contributed by atoms with E-state index in [9.17, 15) is 27.6 Å². The number of amides is 3. The molecule has 2 aromatic rings. The summed E-state index contributed by atoms with van der Waals surface area (Å²) in [6, 6.07) is 10.2. The minimum absolute atomic E-state index is 0.00948. The van der Waals surface area contributed by atoms with E-state index in [4.69, 9.17) is 19.6 Å². The van der Waals surface area contributed by atoms with Crippen molar-refractivity contribution in [1.82, 2.24) is 25.2 Å². The maximum absolute atomic E-state index is 13.9. The lowest BCUT2D eigenvalue weighted by Gasteiger charge is -2.34. The van der Waals surface area contributed by atoms with Gasteiger partial charge in [-0.3, -0.25) is 25.1 Å². The molecule has 0 bridgehead atoms. The monoisotopic (exact) mass is 674 g/mol. The fraction of sp³-hybridized carbons (Fsp3) is 0.516. The standard InChI is InChI=1S/C31H42N6O9S/c1-3-44-28(39)13-14-37(23-10-11-23)29(40)26(35-47(42,43)25-12-9-21-7-5-6-8-22(21)17-25)18-27(38)33-19-24-20-36(15-16-46-24)30(32)34-31(41)45-4-2/h5-9,12,17,23-24,26,35H,3-4,10-11,13-16,18-20H2,1-2H3,(H,33,38)(H2,32,34,41)/t24?,26-/m0/s1. The number of sulfonamides is 1. The van der Waals surface area contributed by atoms with Crippen LogP contribution in [0.3, 0.4) is 0 Å². The van der Waals surface area contributed by atoms with Gasteiger partial charge in [0.05, 0.1) is 43.7 Å². The molecule has 1 saturated heterocycles. The summed E-state index contributed by atoms with van der Waals surface area (Å²) >= 11 is 0. The minimum atomic E-state index is -4.26. The van der Waals surface area contributed by atoms with Crippen molar-refractivity contribution in [1.29, 1.82) is 5.41 Å². The van der Waals surface area contributed by atoms with Gasteiger partial charge in [-0.25, -0.2) is 13.2 Å². The van der Waals surface area contributed by atoms with Gasteiger partial charge in [-0.2, -0.15) is 4.72 Å². The van der Waals surface area contributed by atoms with Crippen molar-refractivity contribution in [2.75, 3.05) is 46.0 Å². The molecule has 47 heavy (non-hydrogen) atoms. The van der Waals surface area contributed by atoms with E-state index in [0.717, 1.165) is 5.39 Å². The van der Waals surface area contributed by atoms with Gasteiger partial charge in [-0.15, -0.1) is 0 Å². The van der Waals surface area contributed by atoms with Gasteiger partial charge in [0, 0.05) is 32.2 Å². The van der Waals surface area contributed by atoms with Crippen LogP contribution in [0.4, 0.5) is 4.79 Å². The van der Waals surface area contributed by atoms with Gasteiger partial charge in [0.15, 0.2) is 0 Å². The van der Waals surface area contributed by atoms with E-state index >= 15 is 0 Å². The first kappa shape index (κ1) is 35.6. The Kier molecular flexibility index (Phi) is 12.5. The summed E-state index contributed by atoms with van der Waals surface area (Å²) in [7, 11) is -4.26. The zero-order chi connectivity index (χ0) is 34.0. The molecule has 2 fully saturated rings. The van der Waals surface area contributed by atoms with Crippen molar-refractivity contribution >= 4 is 50.6 Å². The van der Waals surface area contributed by atoms with Crippen molar-refractivity contribution in [3.05, 3.63) is 42.5 Å². The molecule has 15 nitrogen and oxygen atoms in total. The highest BCUT2D eigenvalue weighted by atomic mass is 32.2. The summed E-state index contributed by atoms with van der Waals surface area (Å²) < 4.78 is 45.1. The Morgan fingerprint density at radius 2 is 1.79 bits per heavy atom. The highest BCUT2D eigenvalue weighted by molar-refractivity contribution is 7.89. The molecule has 4 rings (SSSR count). The van der Waals surface area contributed by atoms with E-state index in [2.05, 4.69) is 15.4 Å². The summed E-state index contributed by atoms with van der Waals surface area (Å²) in [5.41, 5.74) is 0. The molecular formula is C31H42N6O9S. The topological polar surface area (TPSA) is 197 Å². The maximum atomic E-state index is 13.9. The van der Waals surface area contributed by atoms with Crippen molar-refractivity contribution < 1.29 is 41.8 Å². The average molecular weight is 675 g/mol. The number of esters is 1. The average Bonchev–Trinajstić information content (AvgIpc) is 3.89. The highest BCUT2D eigenvalue weighted by Crippen LogP contribution is 2.28. The zero-order valence-corrected chi connectivity index (χ0v) is 27.3. The Balaban J connectivity index is 1.45. The zero-order valence-electron chi connectivity index (χ0n) is 26.5. The van der Waals surface area contributed by atoms with E-state index in [1.807, 2.05) is 12.1 Å². The summed E-state index contributed by atoms with van der Waals surface area (Å²) in [6.07, 6.45) is -0.486. The van der Waals surface area contributed by atoms with Gasteiger partial charge in [0.1, 0.15) is 6.04 Å². The number of ether oxygens (including phenoxy) is 3. The Morgan fingerprint density at radius 1 is 1.06 bits per heavy atom. The smallest absolute Gasteiger partial charge is 0.413 e. The van der Waals surface area contributed by atoms with Crippen LogP contribution in [0.1, 0.15) is 39.5 Å². The summed E-state index contributed by atoms with van der Waals surface area (Å²) in [5.74, 6) is -1.87. The molecule has 1 aliphatic heterocycles. The molecule has 2 aliphatic rings. The number of nitrogens with zero attached hydrogens (tertiary/aromatic N) is 2. The number of fused-ring (bicyclic) bond motifs is 1. The van der Waals surface area contributed by atoms with Gasteiger partial charge in [-0.05, 0) is 49.6 Å². The molecular weight excluding hydrogens is 632 g/mol. The normalized spacial score (nSPS) is 17.0. The maximum Gasteiger partial charge on any atom is 0.413 e. The van der Waals surface area contributed by atoms with Crippen LogP contribution in [0.25, 0.3) is 10.8 Å². The molecule has 1 saturated carbocycles. The molecule has 4 N–H and O–H groups in total. The van der Waals surface area contributed by atoms with E-state index < -0.39 is 52.5 Å². The molecule has 0 spiro atoms. The summed E-state index contributed by atoms with van der Waals surface area (Å²) in [5, 5.41) is 14.7. The first-order valence-corrected chi connectivity index (χ1v) is 17.1. The van der Waals surface area contributed by atoms with Crippen LogP contribution in [0, 0.1) is 5.41 Å². The third-order valence-corrected chi connectivity index (χ3v) is 9.10. The van der Waals surface area contributed by atoms with Gasteiger partial charge in [0.25, 0.3) is 0 Å². The van der Waals surface area contributed by atoms with Crippen LogP contribution in [0.2, 0.25) is 0 Å². The second kappa shape index (κ2) is 16.5. The lowest BCUT2D eigenvalue weighted by Crippen LogP contribution is -2.54. The second-order valence-electron chi connectivity index (χ2n) is 11.1. The molecule has 256 valence electrons. The fourth-order valence-corrected chi connectivity index (χ4v) is 6.37. The number of nitrogens with one attached hydrogen (secondary N) is 4. The predicted molar refractivity (Wildman–Crippen MR) is 171 cm³/mol. The molecule has 1 heterocycles. The number of benzene rings is 2. The number of hydrogen-bond donors (Lipinski definition) is 4. The number of morpholine rings is 1. The number of rotatable bonds is 14. The SMILES string of the molecule is CCOC(=O)CCN(C(=O)[C@H](CC(=O)NCC1CN(C(=N)NC(=O)OCC)CCO1)NS(=O)(=O)c1ccc2ccccc2c1)C1CC1. The third kappa shape index (κ3) is 10.4. The van der Waals surface area contributed by atoms with Gasteiger partial charge >= 0.3 is 12.1 Å². The van der Waals surface area contributed by atoms with Crippen molar-refractivity contribution in [3.8, 4) is 0 Å². The lowest BCUT2D eigenvalue weighted by molar-refractivity contribution is -0.144. The highest BCUT2D eigenvalue weighted by Gasteiger charge is 2.38. The van der Waals surface area contributed by atoms with Crippen LogP contribution in [-0.4, -0.2) is 112 Å². The third-order valence-electron chi connectivity index (χ3n) is 7.63. The van der Waals surface area contributed by atoms with Gasteiger partial charge < -0.3 is 29.3 Å². The molecule has 1 unspecified atom stereocenters. The van der Waals surface area contributed by atoms with Crippen LogP contribution in [0.15, 0.2) is 47.4 Å². The molecule has 0 radical (unpaired) electrons. The van der Waals surface area contributed by atoms with E-state index in [1.54, 1.807) is 36.9 Å². The van der Waals surface area contributed by atoms with E-state index in [0.29, 0.717) is 24.8 Å². The minimum Gasteiger partial charge on any atom is -0.466 e. The Bertz CT molecular complexity index is 1570. The largest absolute Gasteiger partial charge is 0.466 e. The number of hydrogen-bond acceptors (Lipinski definition) is 10. The molecule has 16 heteroatoms. The van der Waals surface area contributed by atoms with Crippen LogP contribution < -0.4 is 15.4 Å². The Labute approximate surface area is 273 Å². The number of carbonyl (C=O) groups excluding carboxylic acids is 4. The van der Waals surface area contributed by atoms with E-state index in [-0.39, 0.29) is 62.8 Å². The molecule has 3 amide bonds. The van der Waals surface area contributed by atoms with Gasteiger partial charge in [0.2, 0.25) is 27.8 Å².